The summed E-state index contributed by atoms with van der Waals surface area (Å²) in [5.74, 6) is 2.83. The SMILES string of the molecule is C/C=C\n1cc2c3c(cccc31)[C@H]1C[C@@H](CSC)CN(CCC)[C@@H]1C2. The first-order chi connectivity index (χ1) is 12.3. The Hall–Kier alpha value is -1.19. The van der Waals surface area contributed by atoms with E-state index in [0.29, 0.717) is 12.0 Å². The molecule has 0 bridgehead atoms. The van der Waals surface area contributed by atoms with Gasteiger partial charge in [-0.3, -0.25) is 4.90 Å². The van der Waals surface area contributed by atoms with Crippen molar-refractivity contribution in [3.05, 3.63) is 41.6 Å². The van der Waals surface area contributed by atoms with Crippen LogP contribution in [0.4, 0.5) is 0 Å². The van der Waals surface area contributed by atoms with Crippen molar-refractivity contribution in [2.75, 3.05) is 25.1 Å². The normalized spacial score (nSPS) is 26.4. The number of hydrogen-bond acceptors (Lipinski definition) is 2. The Morgan fingerprint density at radius 3 is 2.96 bits per heavy atom. The molecular weight excluding hydrogens is 324 g/mol. The molecule has 1 fully saturated rings. The number of rotatable bonds is 5. The molecule has 1 saturated heterocycles. The fraction of sp³-hybridized carbons (Fsp3) is 0.545. The van der Waals surface area contributed by atoms with Crippen molar-refractivity contribution in [3.8, 4) is 0 Å². The van der Waals surface area contributed by atoms with Crippen LogP contribution < -0.4 is 0 Å². The fourth-order valence-corrected chi connectivity index (χ4v) is 5.93. The highest BCUT2D eigenvalue weighted by Gasteiger charge is 2.40. The summed E-state index contributed by atoms with van der Waals surface area (Å²) in [5, 5.41) is 1.54. The van der Waals surface area contributed by atoms with Gasteiger partial charge in [0.15, 0.2) is 0 Å². The third-order valence-electron chi connectivity index (χ3n) is 6.03. The highest BCUT2D eigenvalue weighted by molar-refractivity contribution is 7.98. The zero-order valence-corrected chi connectivity index (χ0v) is 16.6. The van der Waals surface area contributed by atoms with E-state index in [-0.39, 0.29) is 0 Å². The van der Waals surface area contributed by atoms with Gasteiger partial charge in [0, 0.05) is 36.3 Å². The smallest absolute Gasteiger partial charge is 0.0527 e. The number of fused-ring (bicyclic) bond motifs is 2. The number of benzene rings is 1. The van der Waals surface area contributed by atoms with Crippen molar-refractivity contribution in [1.82, 2.24) is 9.47 Å². The Bertz CT molecular complexity index is 776. The molecule has 25 heavy (non-hydrogen) atoms. The molecule has 2 aromatic rings. The van der Waals surface area contributed by atoms with Crippen LogP contribution in [-0.4, -0.2) is 40.6 Å². The van der Waals surface area contributed by atoms with Crippen LogP contribution >= 0.6 is 11.8 Å². The van der Waals surface area contributed by atoms with Gasteiger partial charge in [0.05, 0.1) is 5.52 Å². The Balaban J connectivity index is 1.79. The molecule has 2 nitrogen and oxygen atoms in total. The molecule has 3 heteroatoms. The van der Waals surface area contributed by atoms with Crippen molar-refractivity contribution in [2.45, 2.75) is 45.1 Å². The van der Waals surface area contributed by atoms with E-state index < -0.39 is 0 Å². The maximum absolute atomic E-state index is 2.81. The number of allylic oxidation sites excluding steroid dienone is 1. The lowest BCUT2D eigenvalue weighted by Crippen LogP contribution is -2.50. The van der Waals surface area contributed by atoms with Gasteiger partial charge in [0.1, 0.15) is 0 Å². The predicted octanol–water partition coefficient (Wildman–Crippen LogP) is 5.24. The van der Waals surface area contributed by atoms with E-state index in [0.717, 1.165) is 5.92 Å². The van der Waals surface area contributed by atoms with Crippen LogP contribution in [0.15, 0.2) is 30.5 Å². The van der Waals surface area contributed by atoms with Crippen molar-refractivity contribution in [3.63, 3.8) is 0 Å². The van der Waals surface area contributed by atoms with Crippen molar-refractivity contribution < 1.29 is 0 Å². The quantitative estimate of drug-likeness (QED) is 0.726. The zero-order chi connectivity index (χ0) is 17.4. The zero-order valence-electron chi connectivity index (χ0n) is 15.7. The molecule has 2 heterocycles. The van der Waals surface area contributed by atoms with Gasteiger partial charge in [0.2, 0.25) is 0 Å². The van der Waals surface area contributed by atoms with Gasteiger partial charge >= 0.3 is 0 Å². The van der Waals surface area contributed by atoms with Crippen molar-refractivity contribution >= 4 is 28.9 Å². The van der Waals surface area contributed by atoms with Crippen LogP contribution in [0.3, 0.4) is 0 Å². The summed E-state index contributed by atoms with van der Waals surface area (Å²) < 4.78 is 2.33. The van der Waals surface area contributed by atoms with Crippen LogP contribution in [0.2, 0.25) is 0 Å². The van der Waals surface area contributed by atoms with Crippen LogP contribution in [-0.2, 0) is 6.42 Å². The van der Waals surface area contributed by atoms with E-state index in [4.69, 9.17) is 0 Å². The first kappa shape index (κ1) is 17.2. The van der Waals surface area contributed by atoms with Crippen LogP contribution in [0.25, 0.3) is 17.1 Å². The molecule has 0 radical (unpaired) electrons. The predicted molar refractivity (Wildman–Crippen MR) is 112 cm³/mol. The van der Waals surface area contributed by atoms with Gasteiger partial charge in [-0.05, 0) is 67.9 Å². The second-order valence-electron chi connectivity index (χ2n) is 7.72. The molecule has 0 N–H and O–H groups in total. The summed E-state index contributed by atoms with van der Waals surface area (Å²) in [6.45, 7) is 6.96. The highest BCUT2D eigenvalue weighted by Crippen LogP contribution is 2.45. The van der Waals surface area contributed by atoms with E-state index in [1.807, 2.05) is 11.8 Å². The molecule has 134 valence electrons. The van der Waals surface area contributed by atoms with E-state index in [1.165, 1.54) is 43.6 Å². The van der Waals surface area contributed by atoms with E-state index >= 15 is 0 Å². The number of aromatic nitrogens is 1. The Morgan fingerprint density at radius 2 is 2.20 bits per heavy atom. The lowest BCUT2D eigenvalue weighted by molar-refractivity contribution is 0.0926. The molecule has 2 aliphatic rings. The molecule has 4 rings (SSSR count). The van der Waals surface area contributed by atoms with Gasteiger partial charge in [0.25, 0.3) is 0 Å². The molecule has 0 spiro atoms. The molecule has 3 atom stereocenters. The average Bonchev–Trinajstić information content (AvgIpc) is 2.96. The molecular formula is C22H30N2S. The van der Waals surface area contributed by atoms with Gasteiger partial charge < -0.3 is 4.57 Å². The summed E-state index contributed by atoms with van der Waals surface area (Å²) in [6, 6.07) is 7.66. The summed E-state index contributed by atoms with van der Waals surface area (Å²) >= 11 is 2.02. The van der Waals surface area contributed by atoms with Crippen molar-refractivity contribution in [1.29, 1.82) is 0 Å². The van der Waals surface area contributed by atoms with Crippen LogP contribution in [0.1, 0.15) is 43.7 Å². The number of hydrogen-bond donors (Lipinski definition) is 0. The Labute approximate surface area is 156 Å². The fourth-order valence-electron chi connectivity index (χ4n) is 5.22. The number of thioether (sulfide) groups is 1. The maximum Gasteiger partial charge on any atom is 0.0527 e. The standard InChI is InChI=1S/C22H30N2S/c1-4-9-23-13-16(15-25-3)11-19-18-7-6-8-20-22(18)17(12-21(19)23)14-24(20)10-5-2/h5-8,10,14,16,19,21H,4,9,11-13,15H2,1-3H3/b10-5-/t16-,19-,21-/m1/s1. The minimum atomic E-state index is 0.692. The second-order valence-corrected chi connectivity index (χ2v) is 8.63. The minimum absolute atomic E-state index is 0.692. The summed E-state index contributed by atoms with van der Waals surface area (Å²) in [7, 11) is 0. The van der Waals surface area contributed by atoms with Crippen LogP contribution in [0, 0.1) is 5.92 Å². The second kappa shape index (κ2) is 7.20. The van der Waals surface area contributed by atoms with Crippen LogP contribution in [0.5, 0.6) is 0 Å². The molecule has 1 aromatic carbocycles. The van der Waals surface area contributed by atoms with E-state index in [1.54, 1.807) is 16.5 Å². The number of nitrogens with zero attached hydrogens (tertiary/aromatic N) is 2. The molecule has 1 aliphatic heterocycles. The summed E-state index contributed by atoms with van der Waals surface area (Å²) in [5.41, 5.74) is 4.55. The summed E-state index contributed by atoms with van der Waals surface area (Å²) in [4.78, 5) is 2.81. The average molecular weight is 355 g/mol. The third kappa shape index (κ3) is 2.96. The molecule has 1 aliphatic carbocycles. The first-order valence-electron chi connectivity index (χ1n) is 9.74. The lowest BCUT2D eigenvalue weighted by atomic mass is 9.72. The number of piperidine rings is 1. The third-order valence-corrected chi connectivity index (χ3v) is 6.84. The molecule has 1 aromatic heterocycles. The molecule has 0 saturated carbocycles. The Kier molecular flexibility index (Phi) is 4.97. The number of likely N-dealkylation sites (tertiary alicyclic amines) is 1. The molecule has 0 unspecified atom stereocenters. The van der Waals surface area contributed by atoms with Gasteiger partial charge in [-0.15, -0.1) is 0 Å². The maximum atomic E-state index is 2.81. The van der Waals surface area contributed by atoms with E-state index in [9.17, 15) is 0 Å². The lowest BCUT2D eigenvalue weighted by Gasteiger charge is -2.47. The highest BCUT2D eigenvalue weighted by atomic mass is 32.2. The summed E-state index contributed by atoms with van der Waals surface area (Å²) in [6.07, 6.45) is 12.8. The monoisotopic (exact) mass is 354 g/mol. The van der Waals surface area contributed by atoms with Gasteiger partial charge in [-0.25, -0.2) is 0 Å². The Morgan fingerprint density at radius 1 is 1.32 bits per heavy atom. The van der Waals surface area contributed by atoms with Gasteiger partial charge in [-0.1, -0.05) is 25.1 Å². The topological polar surface area (TPSA) is 8.17 Å². The largest absolute Gasteiger partial charge is 0.323 e. The first-order valence-corrected chi connectivity index (χ1v) is 11.1. The minimum Gasteiger partial charge on any atom is -0.323 e. The molecule has 0 amide bonds. The van der Waals surface area contributed by atoms with Gasteiger partial charge in [-0.2, -0.15) is 11.8 Å². The van der Waals surface area contributed by atoms with Crippen molar-refractivity contribution in [2.24, 2.45) is 5.92 Å². The van der Waals surface area contributed by atoms with E-state index in [2.05, 4.69) is 66.2 Å².